The molecule has 2 amide bonds. The number of carbonyl (C=O) groups excluding carboxylic acids is 2. The van der Waals surface area contributed by atoms with Gasteiger partial charge in [-0.15, -0.1) is 0 Å². The molecule has 0 fully saturated rings. The molecule has 0 aliphatic carbocycles. The number of nitrogens with one attached hydrogen (secondary N) is 2. The van der Waals surface area contributed by atoms with Crippen molar-refractivity contribution in [2.45, 2.75) is 20.3 Å². The molecule has 0 spiro atoms. The molecule has 0 unspecified atom stereocenters. The van der Waals surface area contributed by atoms with Gasteiger partial charge in [0.1, 0.15) is 0 Å². The third kappa shape index (κ3) is 4.32. The lowest BCUT2D eigenvalue weighted by Gasteiger charge is -2.10. The quantitative estimate of drug-likeness (QED) is 0.806. The number of carbonyl (C=O) groups is 2. The number of rotatable bonds is 6. The van der Waals surface area contributed by atoms with Crippen LogP contribution in [0, 0.1) is 5.92 Å². The van der Waals surface area contributed by atoms with E-state index in [1.54, 1.807) is 0 Å². The molecule has 0 aliphatic heterocycles. The Kier molecular flexibility index (Phi) is 5.53. The molecule has 0 saturated heterocycles. The first-order valence-corrected chi connectivity index (χ1v) is 7.60. The fourth-order valence-electron chi connectivity index (χ4n) is 2.34. The van der Waals surface area contributed by atoms with E-state index in [4.69, 9.17) is 0 Å². The molecule has 0 radical (unpaired) electrons. The summed E-state index contributed by atoms with van der Waals surface area (Å²) >= 11 is 0. The maximum atomic E-state index is 12.3. The zero-order chi connectivity index (χ0) is 15.9. The summed E-state index contributed by atoms with van der Waals surface area (Å²) < 4.78 is 0. The first-order valence-electron chi connectivity index (χ1n) is 7.60. The van der Waals surface area contributed by atoms with Crippen LogP contribution in [0.15, 0.2) is 42.5 Å². The van der Waals surface area contributed by atoms with E-state index in [1.807, 2.05) is 56.3 Å². The summed E-state index contributed by atoms with van der Waals surface area (Å²) in [5.41, 5.74) is 0.659. The first-order chi connectivity index (χ1) is 10.6. The van der Waals surface area contributed by atoms with Gasteiger partial charge in [0.15, 0.2) is 0 Å². The van der Waals surface area contributed by atoms with Gasteiger partial charge in [-0.05, 0) is 22.8 Å². The van der Waals surface area contributed by atoms with Gasteiger partial charge in [0.2, 0.25) is 5.91 Å². The lowest BCUT2D eigenvalue weighted by atomic mass is 10.0. The van der Waals surface area contributed by atoms with Crippen molar-refractivity contribution in [1.82, 2.24) is 10.6 Å². The van der Waals surface area contributed by atoms with Gasteiger partial charge < -0.3 is 10.6 Å². The minimum Gasteiger partial charge on any atom is -0.354 e. The molecule has 4 heteroatoms. The highest BCUT2D eigenvalue weighted by Crippen LogP contribution is 2.18. The van der Waals surface area contributed by atoms with Gasteiger partial charge in [0, 0.05) is 25.1 Å². The Morgan fingerprint density at radius 3 is 2.41 bits per heavy atom. The Balaban J connectivity index is 1.88. The van der Waals surface area contributed by atoms with Gasteiger partial charge in [0.05, 0.1) is 0 Å². The number of benzene rings is 2. The Labute approximate surface area is 130 Å². The summed E-state index contributed by atoms with van der Waals surface area (Å²) in [6.45, 7) is 4.87. The predicted octanol–water partition coefficient (Wildman–Crippen LogP) is 2.73. The van der Waals surface area contributed by atoms with Gasteiger partial charge in [-0.3, -0.25) is 9.59 Å². The van der Waals surface area contributed by atoms with Crippen molar-refractivity contribution in [3.8, 4) is 0 Å². The molecule has 0 bridgehead atoms. The van der Waals surface area contributed by atoms with E-state index >= 15 is 0 Å². The second-order valence-corrected chi connectivity index (χ2v) is 5.73. The molecule has 22 heavy (non-hydrogen) atoms. The highest BCUT2D eigenvalue weighted by Gasteiger charge is 2.09. The van der Waals surface area contributed by atoms with Gasteiger partial charge in [-0.25, -0.2) is 0 Å². The van der Waals surface area contributed by atoms with E-state index in [2.05, 4.69) is 10.6 Å². The van der Waals surface area contributed by atoms with Gasteiger partial charge in [-0.2, -0.15) is 0 Å². The normalized spacial score (nSPS) is 10.7. The summed E-state index contributed by atoms with van der Waals surface area (Å²) in [7, 11) is 0. The van der Waals surface area contributed by atoms with Crippen molar-refractivity contribution in [2.75, 3.05) is 13.1 Å². The fourth-order valence-corrected chi connectivity index (χ4v) is 2.34. The fraction of sp³-hybridized carbons (Fsp3) is 0.333. The molecule has 2 N–H and O–H groups in total. The lowest BCUT2D eigenvalue weighted by Crippen LogP contribution is -2.35. The molecule has 0 aliphatic rings. The highest BCUT2D eigenvalue weighted by atomic mass is 16.2. The maximum absolute atomic E-state index is 12.3. The average Bonchev–Trinajstić information content (AvgIpc) is 2.50. The van der Waals surface area contributed by atoms with Crippen LogP contribution in [0.5, 0.6) is 0 Å². The summed E-state index contributed by atoms with van der Waals surface area (Å²) in [6.07, 6.45) is 0.511. The van der Waals surface area contributed by atoms with E-state index in [1.165, 1.54) is 0 Å². The van der Waals surface area contributed by atoms with Crippen LogP contribution in [0.1, 0.15) is 30.6 Å². The zero-order valence-corrected chi connectivity index (χ0v) is 13.1. The monoisotopic (exact) mass is 298 g/mol. The van der Waals surface area contributed by atoms with Crippen LogP contribution in [0.4, 0.5) is 0 Å². The molecular weight excluding hydrogens is 276 g/mol. The maximum Gasteiger partial charge on any atom is 0.251 e. The number of hydrogen-bond acceptors (Lipinski definition) is 2. The van der Waals surface area contributed by atoms with Crippen molar-refractivity contribution in [2.24, 2.45) is 5.92 Å². The van der Waals surface area contributed by atoms with Crippen molar-refractivity contribution in [1.29, 1.82) is 0 Å². The summed E-state index contributed by atoms with van der Waals surface area (Å²) in [5, 5.41) is 7.63. The Bertz CT molecular complexity index is 660. The van der Waals surface area contributed by atoms with Crippen LogP contribution in [0.25, 0.3) is 10.8 Å². The molecule has 2 rings (SSSR count). The van der Waals surface area contributed by atoms with Crippen LogP contribution in [0.2, 0.25) is 0 Å². The third-order valence-electron chi connectivity index (χ3n) is 3.36. The van der Waals surface area contributed by atoms with Crippen LogP contribution in [-0.4, -0.2) is 24.9 Å². The van der Waals surface area contributed by atoms with E-state index in [-0.39, 0.29) is 11.8 Å². The smallest absolute Gasteiger partial charge is 0.251 e. The van der Waals surface area contributed by atoms with Gasteiger partial charge in [-0.1, -0.05) is 50.2 Å². The molecule has 0 aromatic heterocycles. The number of hydrogen-bond donors (Lipinski definition) is 2. The van der Waals surface area contributed by atoms with Crippen molar-refractivity contribution < 1.29 is 9.59 Å². The summed E-state index contributed by atoms with van der Waals surface area (Å²) in [6, 6.07) is 13.5. The van der Waals surface area contributed by atoms with Gasteiger partial charge in [0.25, 0.3) is 5.91 Å². The van der Waals surface area contributed by atoms with Crippen LogP contribution in [-0.2, 0) is 4.79 Å². The Morgan fingerprint density at radius 2 is 1.64 bits per heavy atom. The summed E-state index contributed by atoms with van der Waals surface area (Å²) in [4.78, 5) is 23.8. The molecule has 2 aromatic rings. The Morgan fingerprint density at radius 1 is 0.955 bits per heavy atom. The SMILES string of the molecule is CC(C)CC(=O)NCCNC(=O)c1cccc2ccccc12. The van der Waals surface area contributed by atoms with E-state index in [0.29, 0.717) is 31.0 Å². The van der Waals surface area contributed by atoms with Gasteiger partial charge >= 0.3 is 0 Å². The second kappa shape index (κ2) is 7.59. The number of fused-ring (bicyclic) bond motifs is 1. The first kappa shape index (κ1) is 16.0. The largest absolute Gasteiger partial charge is 0.354 e. The van der Waals surface area contributed by atoms with Crippen LogP contribution in [0.3, 0.4) is 0 Å². The molecule has 0 heterocycles. The minimum absolute atomic E-state index is 0.0226. The molecule has 4 nitrogen and oxygen atoms in total. The van der Waals surface area contributed by atoms with Crippen molar-refractivity contribution in [3.63, 3.8) is 0 Å². The van der Waals surface area contributed by atoms with Crippen LogP contribution >= 0.6 is 0 Å². The average molecular weight is 298 g/mol. The third-order valence-corrected chi connectivity index (χ3v) is 3.36. The number of amides is 2. The second-order valence-electron chi connectivity index (χ2n) is 5.73. The lowest BCUT2D eigenvalue weighted by molar-refractivity contribution is -0.121. The van der Waals surface area contributed by atoms with E-state index in [0.717, 1.165) is 10.8 Å². The zero-order valence-electron chi connectivity index (χ0n) is 13.1. The molecule has 2 aromatic carbocycles. The van der Waals surface area contributed by atoms with Crippen LogP contribution < -0.4 is 10.6 Å². The molecular formula is C18H22N2O2. The standard InChI is InChI=1S/C18H22N2O2/c1-13(2)12-17(21)19-10-11-20-18(22)16-9-5-7-14-6-3-4-8-15(14)16/h3-9,13H,10-12H2,1-2H3,(H,19,21)(H,20,22). The molecule has 0 atom stereocenters. The van der Waals surface area contributed by atoms with E-state index in [9.17, 15) is 9.59 Å². The minimum atomic E-state index is -0.116. The predicted molar refractivity (Wildman–Crippen MR) is 88.7 cm³/mol. The van der Waals surface area contributed by atoms with E-state index < -0.39 is 0 Å². The van der Waals surface area contributed by atoms with Crippen molar-refractivity contribution in [3.05, 3.63) is 48.0 Å². The highest BCUT2D eigenvalue weighted by molar-refractivity contribution is 6.07. The van der Waals surface area contributed by atoms with Crippen molar-refractivity contribution >= 4 is 22.6 Å². The molecule has 0 saturated carbocycles. The molecule has 116 valence electrons. The Hall–Kier alpha value is -2.36. The summed E-state index contributed by atoms with van der Waals surface area (Å²) in [5.74, 6) is 0.245. The topological polar surface area (TPSA) is 58.2 Å².